The Morgan fingerprint density at radius 2 is 1.46 bits per heavy atom. The van der Waals surface area contributed by atoms with Gasteiger partial charge in [-0.05, 0) is 15.2 Å². The van der Waals surface area contributed by atoms with Crippen molar-refractivity contribution in [1.29, 1.82) is 0 Å². The van der Waals surface area contributed by atoms with E-state index in [0.29, 0.717) is 0 Å². The Morgan fingerprint density at radius 3 is 1.54 bits per heavy atom. The van der Waals surface area contributed by atoms with Crippen LogP contribution >= 0.6 is 15.2 Å². The van der Waals surface area contributed by atoms with E-state index in [4.69, 9.17) is 5.11 Å². The first-order chi connectivity index (χ1) is 5.56. The average molecular weight is 232 g/mol. The lowest BCUT2D eigenvalue weighted by atomic mass is 10.5. The van der Waals surface area contributed by atoms with Gasteiger partial charge in [0.25, 0.3) is 0 Å². The smallest absolute Gasteiger partial charge is 0.122 e. The summed E-state index contributed by atoms with van der Waals surface area (Å²) < 4.78 is 20.6. The summed E-state index contributed by atoms with van der Waals surface area (Å²) in [6.45, 7) is -0.362. The fourth-order valence-corrected chi connectivity index (χ4v) is 2.72. The zero-order valence-corrected chi connectivity index (χ0v) is 8.20. The molecule has 0 saturated carbocycles. The molecule has 8 nitrogen and oxygen atoms in total. The summed E-state index contributed by atoms with van der Waals surface area (Å²) in [5.74, 6) is 0. The highest BCUT2D eigenvalue weighted by Crippen LogP contribution is 2.60. The molecule has 0 heterocycles. The Morgan fingerprint density at radius 1 is 1.15 bits per heavy atom. The van der Waals surface area contributed by atoms with Crippen LogP contribution in [-0.2, 0) is 9.13 Å². The van der Waals surface area contributed by atoms with E-state index in [2.05, 4.69) is 5.73 Å². The van der Waals surface area contributed by atoms with Crippen molar-refractivity contribution in [2.75, 3.05) is 6.54 Å². The van der Waals surface area contributed by atoms with Crippen molar-refractivity contribution >= 4 is 15.2 Å². The average Bonchev–Trinajstić information content (AvgIpc) is 1.82. The molecule has 0 atom stereocenters. The van der Waals surface area contributed by atoms with Gasteiger partial charge in [-0.3, -0.25) is 0 Å². The highest BCUT2D eigenvalue weighted by molar-refractivity contribution is 7.69. The van der Waals surface area contributed by atoms with Gasteiger partial charge >= 0.3 is 0 Å². The molecule has 0 bridgehead atoms. The predicted molar refractivity (Wildman–Crippen MR) is 32.5 cm³/mol. The molecular weight excluding hydrogens is 224 g/mol. The van der Waals surface area contributed by atoms with Crippen molar-refractivity contribution in [1.82, 2.24) is 0 Å². The molecule has 0 amide bonds. The Labute approximate surface area is 73.7 Å². The first kappa shape index (κ1) is 13.2. The second-order valence-corrected chi connectivity index (χ2v) is 6.20. The first-order valence-corrected chi connectivity index (χ1v) is 6.21. The summed E-state index contributed by atoms with van der Waals surface area (Å²) in [6.07, 6.45) is -1.01. The number of hydrogen-bond acceptors (Lipinski definition) is 7. The molecular formula is C3H8NO7P2-3. The number of quaternary nitrogens is 1. The molecule has 0 aromatic carbocycles. The van der Waals surface area contributed by atoms with Gasteiger partial charge in [0.1, 0.15) is 5.08 Å². The van der Waals surface area contributed by atoms with Crippen molar-refractivity contribution in [2.24, 2.45) is 0 Å². The minimum Gasteiger partial charge on any atom is -0.808 e. The molecule has 13 heavy (non-hydrogen) atoms. The lowest BCUT2D eigenvalue weighted by Crippen LogP contribution is -2.56. The van der Waals surface area contributed by atoms with Crippen molar-refractivity contribution in [3.63, 3.8) is 0 Å². The molecule has 0 saturated heterocycles. The summed E-state index contributed by atoms with van der Waals surface area (Å²) >= 11 is 0. The van der Waals surface area contributed by atoms with Crippen molar-refractivity contribution in [2.45, 2.75) is 11.5 Å². The highest BCUT2D eigenvalue weighted by Gasteiger charge is 2.35. The van der Waals surface area contributed by atoms with E-state index < -0.39 is 26.7 Å². The second-order valence-electron chi connectivity index (χ2n) is 2.37. The number of hydrogen-bond donors (Lipinski definition) is 2. The van der Waals surface area contributed by atoms with E-state index in [1.165, 1.54) is 0 Å². The lowest BCUT2D eigenvalue weighted by molar-refractivity contribution is -0.382. The van der Waals surface area contributed by atoms with Crippen LogP contribution in [0, 0.1) is 0 Å². The van der Waals surface area contributed by atoms with E-state index in [1.54, 1.807) is 0 Å². The Bertz CT molecular complexity index is 243. The van der Waals surface area contributed by atoms with Gasteiger partial charge in [0.15, 0.2) is 0 Å². The maximum absolute atomic E-state index is 10.3. The molecule has 0 aromatic heterocycles. The molecule has 0 unspecified atom stereocenters. The summed E-state index contributed by atoms with van der Waals surface area (Å²) in [7, 11) is -11.8. The van der Waals surface area contributed by atoms with Crippen molar-refractivity contribution in [3.8, 4) is 0 Å². The van der Waals surface area contributed by atoms with Gasteiger partial charge < -0.3 is 39.5 Å². The number of aliphatic hydroxyl groups is 1. The minimum atomic E-state index is -5.90. The predicted octanol–water partition coefficient (Wildman–Crippen LogP) is -4.91. The quantitative estimate of drug-likeness (QED) is 0.456. The van der Waals surface area contributed by atoms with E-state index in [-0.39, 0.29) is 6.54 Å². The van der Waals surface area contributed by atoms with Gasteiger partial charge in [0.05, 0.1) is 6.54 Å². The van der Waals surface area contributed by atoms with Crippen LogP contribution in [0.5, 0.6) is 0 Å². The van der Waals surface area contributed by atoms with Crippen LogP contribution in [0.15, 0.2) is 0 Å². The lowest BCUT2D eigenvalue weighted by Gasteiger charge is -2.55. The van der Waals surface area contributed by atoms with Crippen LogP contribution < -0.4 is 25.3 Å². The molecule has 0 radical (unpaired) electrons. The van der Waals surface area contributed by atoms with Crippen molar-refractivity contribution in [3.05, 3.63) is 0 Å². The van der Waals surface area contributed by atoms with E-state index in [0.717, 1.165) is 0 Å². The third kappa shape index (κ3) is 2.59. The summed E-state index contributed by atoms with van der Waals surface area (Å²) in [5.41, 5.74) is 3.04. The van der Waals surface area contributed by atoms with E-state index in [1.807, 2.05) is 0 Å². The van der Waals surface area contributed by atoms with Crippen LogP contribution in [0.25, 0.3) is 0 Å². The summed E-state index contributed by atoms with van der Waals surface area (Å²) in [6, 6.07) is 0. The Balaban J connectivity index is 5.22. The molecule has 0 aliphatic carbocycles. The molecule has 4 N–H and O–H groups in total. The van der Waals surface area contributed by atoms with Crippen LogP contribution in [0.3, 0.4) is 0 Å². The maximum atomic E-state index is 10.3. The number of rotatable bonds is 4. The molecule has 80 valence electrons. The van der Waals surface area contributed by atoms with E-state index >= 15 is 0 Å². The Hall–Kier alpha value is 0.220. The first-order valence-electron chi connectivity index (χ1n) is 3.12. The minimum absolute atomic E-state index is 0.362. The monoisotopic (exact) mass is 232 g/mol. The molecule has 0 fully saturated rings. The van der Waals surface area contributed by atoms with Gasteiger partial charge in [-0.25, -0.2) is 0 Å². The SMILES string of the molecule is [NH3+]CCC(O)(P(=O)([O-])[O-])P(=O)([O-])[O-]. The standard InChI is InChI=1S/C3H11NO7P2/c4-2-1-3(5,12(6,7)8)13(9,10)11/h5H,1-2,4H2,(H2,6,7,8)(H2,9,10,11)/p-3. The normalized spacial score (nSPS) is 14.6. The van der Waals surface area contributed by atoms with Gasteiger partial charge in [-0.15, -0.1) is 0 Å². The van der Waals surface area contributed by atoms with Crippen LogP contribution in [-0.4, -0.2) is 16.7 Å². The molecule has 10 heteroatoms. The molecule has 0 spiro atoms. The van der Waals surface area contributed by atoms with Crippen LogP contribution in [0.4, 0.5) is 0 Å². The highest BCUT2D eigenvalue weighted by atomic mass is 31.2. The Kier molecular flexibility index (Phi) is 3.83. The molecule has 0 rings (SSSR count). The molecule has 0 aliphatic heterocycles. The zero-order valence-electron chi connectivity index (χ0n) is 6.41. The van der Waals surface area contributed by atoms with Gasteiger partial charge in [-0.2, -0.15) is 0 Å². The topological polar surface area (TPSA) is 174 Å². The van der Waals surface area contributed by atoms with Gasteiger partial charge in [0, 0.05) is 6.42 Å². The third-order valence-corrected chi connectivity index (χ3v) is 5.06. The van der Waals surface area contributed by atoms with Crippen LogP contribution in [0.1, 0.15) is 6.42 Å². The van der Waals surface area contributed by atoms with Gasteiger partial charge in [0.2, 0.25) is 0 Å². The fourth-order valence-electron chi connectivity index (χ4n) is 0.661. The van der Waals surface area contributed by atoms with E-state index in [9.17, 15) is 28.7 Å². The van der Waals surface area contributed by atoms with Crippen molar-refractivity contribution < 1.29 is 39.5 Å². The summed E-state index contributed by atoms with van der Waals surface area (Å²) in [4.78, 5) is 41.2. The summed E-state index contributed by atoms with van der Waals surface area (Å²) in [5, 5.41) is 5.12. The fraction of sp³-hybridized carbons (Fsp3) is 1.00. The zero-order chi connectivity index (χ0) is 10.9. The van der Waals surface area contributed by atoms with Gasteiger partial charge in [-0.1, -0.05) is 0 Å². The largest absolute Gasteiger partial charge is 0.808 e. The second kappa shape index (κ2) is 3.76. The third-order valence-electron chi connectivity index (χ3n) is 1.39. The molecule has 0 aliphatic rings. The van der Waals surface area contributed by atoms with Crippen LogP contribution in [0.2, 0.25) is 0 Å². The molecule has 0 aromatic rings. The maximum Gasteiger partial charge on any atom is 0.122 e.